The highest BCUT2D eigenvalue weighted by Crippen LogP contribution is 2.39. The van der Waals surface area contributed by atoms with Crippen molar-refractivity contribution in [3.63, 3.8) is 0 Å². The van der Waals surface area contributed by atoms with Gasteiger partial charge >= 0.3 is 12.5 Å². The molecule has 6 nitrogen and oxygen atoms in total. The van der Waals surface area contributed by atoms with Gasteiger partial charge < -0.3 is 18.9 Å². The van der Waals surface area contributed by atoms with Crippen LogP contribution in [0.1, 0.15) is 25.0 Å². The number of halogens is 3. The SMILES string of the molecule is CCN(CC)C(=O)Oc1ccc2c(ccn2Cc2ccccc2OC(F)(F)F)c1-c1ccc(C#N)cc1. The summed E-state index contributed by atoms with van der Waals surface area (Å²) in [7, 11) is 0. The second-order valence-corrected chi connectivity index (χ2v) is 8.20. The van der Waals surface area contributed by atoms with Crippen molar-refractivity contribution in [3.05, 3.63) is 84.1 Å². The molecule has 0 unspecified atom stereocenters. The number of carbonyl (C=O) groups is 1. The Morgan fingerprint density at radius 2 is 1.68 bits per heavy atom. The van der Waals surface area contributed by atoms with Gasteiger partial charge in [0.1, 0.15) is 11.5 Å². The summed E-state index contributed by atoms with van der Waals surface area (Å²) in [5.41, 5.74) is 2.93. The first-order valence-corrected chi connectivity index (χ1v) is 11.7. The summed E-state index contributed by atoms with van der Waals surface area (Å²) >= 11 is 0. The molecule has 0 N–H and O–H groups in total. The minimum absolute atomic E-state index is 0.126. The van der Waals surface area contributed by atoms with Crippen LogP contribution >= 0.6 is 0 Å². The Morgan fingerprint density at radius 3 is 2.32 bits per heavy atom. The van der Waals surface area contributed by atoms with Crippen LogP contribution in [0.3, 0.4) is 0 Å². The molecule has 9 heteroatoms. The smallest absolute Gasteiger partial charge is 0.410 e. The highest BCUT2D eigenvalue weighted by molar-refractivity contribution is 5.99. The maximum absolute atomic E-state index is 12.9. The Balaban J connectivity index is 1.80. The van der Waals surface area contributed by atoms with Gasteiger partial charge in [0.05, 0.1) is 18.2 Å². The second-order valence-electron chi connectivity index (χ2n) is 8.20. The lowest BCUT2D eigenvalue weighted by molar-refractivity contribution is -0.274. The molecular formula is C28H24F3N3O3. The van der Waals surface area contributed by atoms with Crippen molar-refractivity contribution in [2.75, 3.05) is 13.1 Å². The van der Waals surface area contributed by atoms with Crippen LogP contribution in [0, 0.1) is 11.3 Å². The molecule has 0 atom stereocenters. The lowest BCUT2D eigenvalue weighted by atomic mass is 9.99. The molecule has 0 saturated carbocycles. The molecule has 4 rings (SSSR count). The number of para-hydroxylation sites is 1. The quantitative estimate of drug-likeness (QED) is 0.271. The lowest BCUT2D eigenvalue weighted by Gasteiger charge is -2.20. The van der Waals surface area contributed by atoms with Gasteiger partial charge in [-0.1, -0.05) is 30.3 Å². The van der Waals surface area contributed by atoms with Crippen LogP contribution in [0.15, 0.2) is 72.9 Å². The Hall–Kier alpha value is -4.45. The molecule has 0 radical (unpaired) electrons. The van der Waals surface area contributed by atoms with E-state index >= 15 is 0 Å². The van der Waals surface area contributed by atoms with Crippen molar-refractivity contribution < 1.29 is 27.4 Å². The summed E-state index contributed by atoms with van der Waals surface area (Å²) in [6, 6.07) is 20.2. The monoisotopic (exact) mass is 507 g/mol. The maximum atomic E-state index is 12.9. The van der Waals surface area contributed by atoms with Gasteiger partial charge in [0.25, 0.3) is 0 Å². The normalized spacial score (nSPS) is 11.2. The first kappa shape index (κ1) is 25.6. The highest BCUT2D eigenvalue weighted by atomic mass is 19.4. The Labute approximate surface area is 212 Å². The minimum Gasteiger partial charge on any atom is -0.410 e. The third kappa shape index (κ3) is 5.70. The zero-order valence-corrected chi connectivity index (χ0v) is 20.2. The number of alkyl halides is 3. The van der Waals surface area contributed by atoms with Gasteiger partial charge in [-0.3, -0.25) is 0 Å². The maximum Gasteiger partial charge on any atom is 0.573 e. The Kier molecular flexibility index (Phi) is 7.39. The standard InChI is InChI=1S/C28H24F3N3O3/c1-3-33(4-2)27(35)36-25-14-13-23-22(26(25)20-11-9-19(17-32)10-12-20)15-16-34(23)18-21-7-5-6-8-24(21)37-28(29,30)31/h5-16H,3-4,18H2,1-2H3. The summed E-state index contributed by atoms with van der Waals surface area (Å²) in [6.45, 7) is 4.81. The Morgan fingerprint density at radius 1 is 0.973 bits per heavy atom. The fraction of sp³-hybridized carbons (Fsp3) is 0.214. The van der Waals surface area contributed by atoms with Crippen LogP contribution in [0.4, 0.5) is 18.0 Å². The minimum atomic E-state index is -4.80. The van der Waals surface area contributed by atoms with Crippen molar-refractivity contribution in [2.45, 2.75) is 26.8 Å². The molecule has 0 aliphatic heterocycles. The van der Waals surface area contributed by atoms with Crippen molar-refractivity contribution in [3.8, 4) is 28.7 Å². The van der Waals surface area contributed by atoms with Crippen LogP contribution in [0.25, 0.3) is 22.0 Å². The number of nitriles is 1. The topological polar surface area (TPSA) is 67.5 Å². The molecular weight excluding hydrogens is 483 g/mol. The highest BCUT2D eigenvalue weighted by Gasteiger charge is 2.32. The molecule has 0 fully saturated rings. The molecule has 0 aliphatic carbocycles. The molecule has 1 heterocycles. The van der Waals surface area contributed by atoms with Gasteiger partial charge in [0.15, 0.2) is 0 Å². The van der Waals surface area contributed by atoms with Crippen molar-refractivity contribution in [1.82, 2.24) is 9.47 Å². The van der Waals surface area contributed by atoms with E-state index in [9.17, 15) is 23.2 Å². The summed E-state index contributed by atoms with van der Waals surface area (Å²) < 4.78 is 50.5. The summed E-state index contributed by atoms with van der Waals surface area (Å²) in [4.78, 5) is 14.3. The molecule has 0 aliphatic rings. The van der Waals surface area contributed by atoms with E-state index < -0.39 is 12.5 Å². The van der Waals surface area contributed by atoms with Crippen LogP contribution in [-0.2, 0) is 6.54 Å². The number of ether oxygens (including phenoxy) is 2. The summed E-state index contributed by atoms with van der Waals surface area (Å²) in [5.74, 6) is 0.0709. The van der Waals surface area contributed by atoms with Crippen molar-refractivity contribution in [1.29, 1.82) is 5.26 Å². The van der Waals surface area contributed by atoms with E-state index in [2.05, 4.69) is 10.8 Å². The third-order valence-electron chi connectivity index (χ3n) is 5.98. The molecule has 1 amide bonds. The fourth-order valence-corrected chi connectivity index (χ4v) is 4.17. The zero-order chi connectivity index (χ0) is 26.6. The number of benzene rings is 3. The fourth-order valence-electron chi connectivity index (χ4n) is 4.17. The molecule has 1 aromatic heterocycles. The van der Waals surface area contributed by atoms with Crippen LogP contribution in [-0.4, -0.2) is 35.0 Å². The van der Waals surface area contributed by atoms with Crippen molar-refractivity contribution in [2.24, 2.45) is 0 Å². The van der Waals surface area contributed by atoms with Gasteiger partial charge in [-0.2, -0.15) is 5.26 Å². The second kappa shape index (κ2) is 10.7. The van der Waals surface area contributed by atoms with Gasteiger partial charge in [-0.05, 0) is 55.8 Å². The van der Waals surface area contributed by atoms with E-state index in [1.54, 1.807) is 64.2 Å². The lowest BCUT2D eigenvalue weighted by Crippen LogP contribution is -2.33. The van der Waals surface area contributed by atoms with E-state index in [1.165, 1.54) is 12.1 Å². The summed E-state index contributed by atoms with van der Waals surface area (Å²) in [5, 5.41) is 9.93. The van der Waals surface area contributed by atoms with Crippen molar-refractivity contribution >= 4 is 17.0 Å². The summed E-state index contributed by atoms with van der Waals surface area (Å²) in [6.07, 6.45) is -3.53. The predicted octanol–water partition coefficient (Wildman–Crippen LogP) is 6.97. The van der Waals surface area contributed by atoms with E-state index in [1.807, 2.05) is 19.9 Å². The average Bonchev–Trinajstić information content (AvgIpc) is 3.27. The Bertz CT molecular complexity index is 1450. The zero-order valence-electron chi connectivity index (χ0n) is 20.2. The van der Waals surface area contributed by atoms with E-state index in [4.69, 9.17) is 4.74 Å². The first-order valence-electron chi connectivity index (χ1n) is 11.7. The van der Waals surface area contributed by atoms with Crippen LogP contribution in [0.5, 0.6) is 11.5 Å². The number of aromatic nitrogens is 1. The molecule has 3 aromatic carbocycles. The van der Waals surface area contributed by atoms with Crippen LogP contribution in [0.2, 0.25) is 0 Å². The van der Waals surface area contributed by atoms with Gasteiger partial charge in [-0.25, -0.2) is 4.79 Å². The average molecular weight is 508 g/mol. The number of rotatable bonds is 7. The number of carbonyl (C=O) groups excluding carboxylic acids is 1. The largest absolute Gasteiger partial charge is 0.573 e. The molecule has 4 aromatic rings. The van der Waals surface area contributed by atoms with E-state index in [0.717, 1.165) is 16.5 Å². The first-order chi connectivity index (χ1) is 17.7. The van der Waals surface area contributed by atoms with Gasteiger partial charge in [-0.15, -0.1) is 13.2 Å². The molecule has 0 saturated heterocycles. The van der Waals surface area contributed by atoms with Gasteiger partial charge in [0, 0.05) is 41.3 Å². The number of fused-ring (bicyclic) bond motifs is 1. The number of hydrogen-bond donors (Lipinski definition) is 0. The third-order valence-corrected chi connectivity index (χ3v) is 5.98. The number of hydrogen-bond acceptors (Lipinski definition) is 4. The van der Waals surface area contributed by atoms with E-state index in [-0.39, 0.29) is 12.3 Å². The molecule has 190 valence electrons. The molecule has 0 bridgehead atoms. The van der Waals surface area contributed by atoms with Crippen LogP contribution < -0.4 is 9.47 Å². The number of nitrogens with zero attached hydrogens (tertiary/aromatic N) is 3. The predicted molar refractivity (Wildman–Crippen MR) is 133 cm³/mol. The number of amides is 1. The van der Waals surface area contributed by atoms with E-state index in [0.29, 0.717) is 35.5 Å². The molecule has 0 spiro atoms. The molecule has 37 heavy (non-hydrogen) atoms. The van der Waals surface area contributed by atoms with Gasteiger partial charge in [0.2, 0.25) is 0 Å².